The fourth-order valence-corrected chi connectivity index (χ4v) is 4.58. The van der Waals surface area contributed by atoms with Crippen LogP contribution in [0.25, 0.3) is 11.0 Å². The van der Waals surface area contributed by atoms with Gasteiger partial charge in [0.2, 0.25) is 17.7 Å². The highest BCUT2D eigenvalue weighted by Gasteiger charge is 2.61. The Morgan fingerprint density at radius 3 is 2.82 bits per heavy atom. The summed E-state index contributed by atoms with van der Waals surface area (Å²) in [6, 6.07) is 5.40. The maximum absolute atomic E-state index is 14.9. The number of ether oxygens (including phenoxy) is 1. The van der Waals surface area contributed by atoms with E-state index in [0.717, 1.165) is 17.3 Å². The van der Waals surface area contributed by atoms with E-state index in [4.69, 9.17) is 4.74 Å². The first-order chi connectivity index (χ1) is 16.1. The Bertz CT molecular complexity index is 1290. The van der Waals surface area contributed by atoms with Crippen LogP contribution in [0.4, 0.5) is 23.2 Å². The minimum Gasteiger partial charge on any atom is -0.474 e. The number of fused-ring (bicyclic) bond motifs is 3. The summed E-state index contributed by atoms with van der Waals surface area (Å²) in [6.07, 6.45) is -3.24. The number of alkyl halides is 3. The second-order valence-corrected chi connectivity index (χ2v) is 8.54. The van der Waals surface area contributed by atoms with Gasteiger partial charge >= 0.3 is 6.18 Å². The van der Waals surface area contributed by atoms with Gasteiger partial charge in [0.15, 0.2) is 0 Å². The summed E-state index contributed by atoms with van der Waals surface area (Å²) >= 11 is 0. The third kappa shape index (κ3) is 3.53. The molecule has 3 aromatic rings. The van der Waals surface area contributed by atoms with Crippen molar-refractivity contribution < 1.29 is 31.9 Å². The van der Waals surface area contributed by atoms with Gasteiger partial charge in [0.1, 0.15) is 30.0 Å². The molecule has 1 aromatic carbocycles. The fourth-order valence-electron chi connectivity index (χ4n) is 4.58. The van der Waals surface area contributed by atoms with Crippen molar-refractivity contribution in [3.05, 3.63) is 47.9 Å². The average Bonchev–Trinajstić information content (AvgIpc) is 3.30. The highest BCUT2D eigenvalue weighted by Crippen LogP contribution is 2.55. The largest absolute Gasteiger partial charge is 0.474 e. The molecule has 1 saturated carbocycles. The maximum Gasteiger partial charge on any atom is 0.408 e. The van der Waals surface area contributed by atoms with Crippen molar-refractivity contribution in [2.24, 2.45) is 0 Å². The van der Waals surface area contributed by atoms with E-state index in [1.807, 2.05) is 5.32 Å². The van der Waals surface area contributed by atoms with Gasteiger partial charge in [0.25, 0.3) is 0 Å². The zero-order valence-electron chi connectivity index (χ0n) is 17.8. The van der Waals surface area contributed by atoms with E-state index >= 15 is 0 Å². The van der Waals surface area contributed by atoms with Gasteiger partial charge in [0.05, 0.1) is 22.8 Å². The molecule has 2 amide bonds. The molecule has 1 aliphatic carbocycles. The van der Waals surface area contributed by atoms with Crippen LogP contribution in [-0.2, 0) is 15.0 Å². The zero-order valence-corrected chi connectivity index (χ0v) is 17.8. The number of rotatable bonds is 5. The molecule has 178 valence electrons. The second kappa shape index (κ2) is 7.67. The molecule has 0 bridgehead atoms. The molecule has 0 unspecified atom stereocenters. The van der Waals surface area contributed by atoms with Crippen molar-refractivity contribution in [1.82, 2.24) is 20.5 Å². The maximum atomic E-state index is 14.9. The van der Waals surface area contributed by atoms with E-state index in [-0.39, 0.29) is 24.1 Å². The van der Waals surface area contributed by atoms with Crippen LogP contribution >= 0.6 is 0 Å². The van der Waals surface area contributed by atoms with Crippen molar-refractivity contribution >= 4 is 28.5 Å². The fraction of sp³-hybridized carbons (Fsp3) is 0.364. The molecule has 0 saturated heterocycles. The standard InChI is InChI=1S/C22H19F4N5O3/c1-11(22(24,25)26)28-17(32)10-31-16-4-2-3-13(23)19(16)21(20(31)33)7-12(8-21)34-18-6-5-14-15(29-18)9-27-30-14/h2-6,9,11-12H,7-8,10H2,1H3,(H,27,30)(H,28,32)/t11-,12?,21?/m0/s1. The number of nitrogens with one attached hydrogen (secondary N) is 2. The Balaban J connectivity index is 1.34. The van der Waals surface area contributed by atoms with Crippen LogP contribution in [-0.4, -0.2) is 51.9 Å². The summed E-state index contributed by atoms with van der Waals surface area (Å²) in [5, 5.41) is 8.51. The van der Waals surface area contributed by atoms with Crippen LogP contribution in [0, 0.1) is 5.82 Å². The van der Waals surface area contributed by atoms with Crippen LogP contribution in [0.15, 0.2) is 36.5 Å². The number of nitrogens with zero attached hydrogens (tertiary/aromatic N) is 3. The summed E-state index contributed by atoms with van der Waals surface area (Å²) in [7, 11) is 0. The Hall–Kier alpha value is -3.70. The van der Waals surface area contributed by atoms with Gasteiger partial charge in [-0.25, -0.2) is 9.37 Å². The monoisotopic (exact) mass is 477 g/mol. The number of carbonyl (C=O) groups excluding carboxylic acids is 2. The molecule has 3 heterocycles. The van der Waals surface area contributed by atoms with E-state index in [1.165, 1.54) is 18.2 Å². The first kappa shape index (κ1) is 22.1. The quantitative estimate of drug-likeness (QED) is 0.551. The van der Waals surface area contributed by atoms with E-state index in [9.17, 15) is 27.2 Å². The van der Waals surface area contributed by atoms with Gasteiger partial charge in [-0.2, -0.15) is 18.3 Å². The third-order valence-electron chi connectivity index (χ3n) is 6.30. The predicted octanol–water partition coefficient (Wildman–Crippen LogP) is 2.99. The number of carbonyl (C=O) groups is 2. The van der Waals surface area contributed by atoms with Crippen LogP contribution in [0.1, 0.15) is 25.3 Å². The predicted molar refractivity (Wildman–Crippen MR) is 112 cm³/mol. The molecule has 1 spiro atoms. The molecule has 2 aromatic heterocycles. The molecule has 8 nitrogen and oxygen atoms in total. The van der Waals surface area contributed by atoms with E-state index in [2.05, 4.69) is 15.2 Å². The Morgan fingerprint density at radius 2 is 2.09 bits per heavy atom. The minimum absolute atomic E-state index is 0.134. The van der Waals surface area contributed by atoms with Crippen LogP contribution in [0.5, 0.6) is 5.88 Å². The Kier molecular flexibility index (Phi) is 4.99. The molecule has 12 heteroatoms. The lowest BCUT2D eigenvalue weighted by atomic mass is 9.63. The number of H-pyrrole nitrogens is 1. The van der Waals surface area contributed by atoms with Gasteiger partial charge < -0.3 is 15.0 Å². The number of benzene rings is 1. The number of hydrogen-bond donors (Lipinski definition) is 2. The minimum atomic E-state index is -4.62. The summed E-state index contributed by atoms with van der Waals surface area (Å²) in [5.74, 6) is -1.82. The molecule has 1 fully saturated rings. The first-order valence-corrected chi connectivity index (χ1v) is 10.5. The van der Waals surface area contributed by atoms with Crippen molar-refractivity contribution in [2.45, 2.75) is 43.5 Å². The molecule has 5 rings (SSSR count). The number of hydrogen-bond acceptors (Lipinski definition) is 5. The number of pyridine rings is 1. The molecule has 1 aliphatic heterocycles. The number of halogens is 4. The van der Waals surface area contributed by atoms with Crippen molar-refractivity contribution in [1.29, 1.82) is 0 Å². The second-order valence-electron chi connectivity index (χ2n) is 8.54. The van der Waals surface area contributed by atoms with E-state index in [1.54, 1.807) is 18.3 Å². The highest BCUT2D eigenvalue weighted by atomic mass is 19.4. The molecule has 34 heavy (non-hydrogen) atoms. The zero-order chi connectivity index (χ0) is 24.3. The van der Waals surface area contributed by atoms with Crippen molar-refractivity contribution in [2.75, 3.05) is 11.4 Å². The van der Waals surface area contributed by atoms with Crippen molar-refractivity contribution in [3.8, 4) is 5.88 Å². The topological polar surface area (TPSA) is 100 Å². The van der Waals surface area contributed by atoms with E-state index in [0.29, 0.717) is 11.4 Å². The lowest BCUT2D eigenvalue weighted by molar-refractivity contribution is -0.157. The summed E-state index contributed by atoms with van der Waals surface area (Å²) in [4.78, 5) is 31.0. The molecule has 1 atom stereocenters. The number of anilines is 1. The highest BCUT2D eigenvalue weighted by molar-refractivity contribution is 6.11. The third-order valence-corrected chi connectivity index (χ3v) is 6.30. The van der Waals surface area contributed by atoms with Gasteiger partial charge in [-0.05, 0) is 25.1 Å². The van der Waals surface area contributed by atoms with Gasteiger partial charge in [-0.3, -0.25) is 14.7 Å². The van der Waals surface area contributed by atoms with Gasteiger partial charge in [0, 0.05) is 24.5 Å². The summed E-state index contributed by atoms with van der Waals surface area (Å²) in [6.45, 7) is 0.156. The lowest BCUT2D eigenvalue weighted by Gasteiger charge is -2.43. The van der Waals surface area contributed by atoms with E-state index < -0.39 is 47.9 Å². The molecular weight excluding hydrogens is 458 g/mol. The molecule has 2 N–H and O–H groups in total. The Morgan fingerprint density at radius 1 is 1.32 bits per heavy atom. The van der Waals surface area contributed by atoms with Crippen molar-refractivity contribution in [3.63, 3.8) is 0 Å². The first-order valence-electron chi connectivity index (χ1n) is 10.5. The Labute approximate surface area is 190 Å². The molecule has 2 aliphatic rings. The summed E-state index contributed by atoms with van der Waals surface area (Å²) in [5.41, 5.74) is 0.394. The van der Waals surface area contributed by atoms with Crippen LogP contribution < -0.4 is 15.0 Å². The van der Waals surface area contributed by atoms with Crippen LogP contribution in [0.3, 0.4) is 0 Å². The molecule has 0 radical (unpaired) electrons. The smallest absolute Gasteiger partial charge is 0.408 e. The van der Waals surface area contributed by atoms with Gasteiger partial charge in [-0.15, -0.1) is 0 Å². The lowest BCUT2D eigenvalue weighted by Crippen LogP contribution is -2.55. The van der Waals surface area contributed by atoms with Crippen LogP contribution in [0.2, 0.25) is 0 Å². The number of amides is 2. The summed E-state index contributed by atoms with van der Waals surface area (Å²) < 4.78 is 59.1. The SMILES string of the molecule is C[C@H](NC(=O)CN1C(=O)C2(CC(Oc3ccc4[nH]ncc4n3)C2)c2c(F)cccc21)C(F)(F)F. The normalized spacial score (nSPS) is 22.6. The average molecular weight is 477 g/mol. The number of aromatic amines is 1. The molecular formula is C22H19F4N5O3. The number of aromatic nitrogens is 3. The van der Waals surface area contributed by atoms with Gasteiger partial charge in [-0.1, -0.05) is 6.07 Å².